The molecule has 1 atom stereocenters. The summed E-state index contributed by atoms with van der Waals surface area (Å²) in [5.41, 5.74) is 1.63. The first-order valence-electron chi connectivity index (χ1n) is 5.42. The fraction of sp³-hybridized carbons (Fsp3) is 0.385. The molecular weight excluding hydrogens is 280 g/mol. The molecule has 0 heterocycles. The molecule has 4 heteroatoms. The van der Waals surface area contributed by atoms with Gasteiger partial charge in [-0.25, -0.2) is 0 Å². The third-order valence-electron chi connectivity index (χ3n) is 2.53. The molecule has 0 aromatic heterocycles. The zero-order chi connectivity index (χ0) is 13.0. The van der Waals surface area contributed by atoms with Crippen LogP contribution in [0.4, 0.5) is 0 Å². The molecule has 90 valence electrons. The van der Waals surface area contributed by atoms with E-state index in [0.717, 1.165) is 10.0 Å². The first-order chi connectivity index (χ1) is 7.95. The molecule has 0 radical (unpaired) electrons. The average Bonchev–Trinajstić information content (AvgIpc) is 2.28. The Morgan fingerprint density at radius 3 is 2.59 bits per heavy atom. The molecule has 1 aromatic carbocycles. The maximum absolute atomic E-state index is 11.9. The number of carbonyl (C=O) groups excluding carboxylic acids is 1. The van der Waals surface area contributed by atoms with E-state index in [0.29, 0.717) is 5.56 Å². The van der Waals surface area contributed by atoms with Crippen LogP contribution in [0.5, 0.6) is 0 Å². The molecular formula is C13H15BrN2O. The zero-order valence-corrected chi connectivity index (χ0v) is 11.7. The van der Waals surface area contributed by atoms with Gasteiger partial charge in [0.25, 0.3) is 5.91 Å². The summed E-state index contributed by atoms with van der Waals surface area (Å²) in [5, 5.41) is 11.6. The number of nitrogens with one attached hydrogen (secondary N) is 1. The van der Waals surface area contributed by atoms with Gasteiger partial charge in [0.05, 0.1) is 6.07 Å². The molecule has 1 aromatic rings. The molecule has 1 N–H and O–H groups in total. The summed E-state index contributed by atoms with van der Waals surface area (Å²) >= 11 is 3.38. The van der Waals surface area contributed by atoms with Crippen LogP contribution in [0, 0.1) is 24.2 Å². The number of nitrogens with zero attached hydrogens (tertiary/aromatic N) is 1. The van der Waals surface area contributed by atoms with E-state index in [1.54, 1.807) is 12.1 Å². The summed E-state index contributed by atoms with van der Waals surface area (Å²) in [6, 6.07) is 7.02. The number of halogens is 1. The van der Waals surface area contributed by atoms with Crippen LogP contribution in [0.3, 0.4) is 0 Å². The molecule has 1 unspecified atom stereocenters. The standard InChI is InChI=1S/C13H15BrN2O/c1-8(2)12(7-15)16-13(17)10-5-4-9(3)11(14)6-10/h4-6,8,12H,1-3H3,(H,16,17). The predicted octanol–water partition coefficient (Wildman–Crippen LogP) is 3.04. The zero-order valence-electron chi connectivity index (χ0n) is 10.1. The molecule has 0 aliphatic heterocycles. The number of benzene rings is 1. The summed E-state index contributed by atoms with van der Waals surface area (Å²) in [6.45, 7) is 5.76. The van der Waals surface area contributed by atoms with Gasteiger partial charge in [0.2, 0.25) is 0 Å². The van der Waals surface area contributed by atoms with Crippen LogP contribution in [-0.4, -0.2) is 11.9 Å². The van der Waals surface area contributed by atoms with Gasteiger partial charge in [-0.2, -0.15) is 5.26 Å². The highest BCUT2D eigenvalue weighted by atomic mass is 79.9. The third kappa shape index (κ3) is 3.57. The molecule has 0 aliphatic rings. The van der Waals surface area contributed by atoms with Crippen LogP contribution >= 0.6 is 15.9 Å². The van der Waals surface area contributed by atoms with Crippen LogP contribution in [0.15, 0.2) is 22.7 Å². The fourth-order valence-electron chi connectivity index (χ4n) is 1.31. The Bertz CT molecular complexity index is 463. The van der Waals surface area contributed by atoms with Gasteiger partial charge in [-0.3, -0.25) is 4.79 Å². The number of amides is 1. The van der Waals surface area contributed by atoms with E-state index in [1.165, 1.54) is 0 Å². The van der Waals surface area contributed by atoms with Gasteiger partial charge in [-0.1, -0.05) is 35.8 Å². The Labute approximate surface area is 110 Å². The van der Waals surface area contributed by atoms with Crippen LogP contribution in [0.1, 0.15) is 29.8 Å². The summed E-state index contributed by atoms with van der Waals surface area (Å²) < 4.78 is 0.892. The van der Waals surface area contributed by atoms with Gasteiger partial charge >= 0.3 is 0 Å². The Balaban J connectivity index is 2.83. The fourth-order valence-corrected chi connectivity index (χ4v) is 1.69. The predicted molar refractivity (Wildman–Crippen MR) is 70.6 cm³/mol. The van der Waals surface area contributed by atoms with Crippen molar-refractivity contribution in [3.8, 4) is 6.07 Å². The van der Waals surface area contributed by atoms with Gasteiger partial charge < -0.3 is 5.32 Å². The number of aryl methyl sites for hydroxylation is 1. The molecule has 0 saturated carbocycles. The van der Waals surface area contributed by atoms with E-state index < -0.39 is 6.04 Å². The second-order valence-corrected chi connectivity index (χ2v) is 5.14. The van der Waals surface area contributed by atoms with Gasteiger partial charge in [-0.05, 0) is 30.5 Å². The highest BCUT2D eigenvalue weighted by molar-refractivity contribution is 9.10. The molecule has 17 heavy (non-hydrogen) atoms. The van der Waals surface area contributed by atoms with Gasteiger partial charge in [0.1, 0.15) is 6.04 Å². The lowest BCUT2D eigenvalue weighted by Crippen LogP contribution is -2.37. The van der Waals surface area contributed by atoms with Crippen molar-refractivity contribution in [3.63, 3.8) is 0 Å². The number of hydrogen-bond acceptors (Lipinski definition) is 2. The number of carbonyl (C=O) groups is 1. The smallest absolute Gasteiger partial charge is 0.252 e. The second kappa shape index (κ2) is 5.83. The summed E-state index contributed by atoms with van der Waals surface area (Å²) in [7, 11) is 0. The minimum Gasteiger partial charge on any atom is -0.336 e. The molecule has 1 amide bonds. The monoisotopic (exact) mass is 294 g/mol. The van der Waals surface area contributed by atoms with E-state index in [4.69, 9.17) is 5.26 Å². The van der Waals surface area contributed by atoms with Crippen LogP contribution in [0.25, 0.3) is 0 Å². The van der Waals surface area contributed by atoms with E-state index in [2.05, 4.69) is 27.3 Å². The molecule has 1 rings (SSSR count). The first-order valence-corrected chi connectivity index (χ1v) is 6.21. The molecule has 0 spiro atoms. The summed E-state index contributed by atoms with van der Waals surface area (Å²) in [4.78, 5) is 11.9. The summed E-state index contributed by atoms with van der Waals surface area (Å²) in [5.74, 6) is -0.121. The van der Waals surface area contributed by atoms with Gasteiger partial charge in [0, 0.05) is 10.0 Å². The molecule has 0 fully saturated rings. The van der Waals surface area contributed by atoms with Crippen molar-refractivity contribution in [2.24, 2.45) is 5.92 Å². The van der Waals surface area contributed by atoms with Crippen LogP contribution in [-0.2, 0) is 0 Å². The topological polar surface area (TPSA) is 52.9 Å². The van der Waals surface area contributed by atoms with Crippen molar-refractivity contribution in [2.75, 3.05) is 0 Å². The van der Waals surface area contributed by atoms with E-state index in [9.17, 15) is 4.79 Å². The van der Waals surface area contributed by atoms with E-state index in [-0.39, 0.29) is 11.8 Å². The van der Waals surface area contributed by atoms with Crippen molar-refractivity contribution < 1.29 is 4.79 Å². The summed E-state index contributed by atoms with van der Waals surface area (Å²) in [6.07, 6.45) is 0. The van der Waals surface area contributed by atoms with Gasteiger partial charge in [0.15, 0.2) is 0 Å². The lowest BCUT2D eigenvalue weighted by atomic mass is 10.1. The Morgan fingerprint density at radius 2 is 2.12 bits per heavy atom. The Kier molecular flexibility index (Phi) is 4.71. The maximum atomic E-state index is 11.9. The number of nitriles is 1. The SMILES string of the molecule is Cc1ccc(C(=O)NC(C#N)C(C)C)cc1Br. The molecule has 0 bridgehead atoms. The lowest BCUT2D eigenvalue weighted by Gasteiger charge is -2.15. The quantitative estimate of drug-likeness (QED) is 0.931. The molecule has 0 saturated heterocycles. The second-order valence-electron chi connectivity index (χ2n) is 4.29. The first kappa shape index (κ1) is 13.7. The van der Waals surface area contributed by atoms with Crippen molar-refractivity contribution in [1.29, 1.82) is 5.26 Å². The normalized spacial score (nSPS) is 12.0. The highest BCUT2D eigenvalue weighted by Crippen LogP contribution is 2.17. The van der Waals surface area contributed by atoms with Crippen molar-refractivity contribution in [1.82, 2.24) is 5.32 Å². The van der Waals surface area contributed by atoms with E-state index in [1.807, 2.05) is 26.8 Å². The molecule has 0 aliphatic carbocycles. The minimum atomic E-state index is -0.456. The van der Waals surface area contributed by atoms with Crippen molar-refractivity contribution in [2.45, 2.75) is 26.8 Å². The van der Waals surface area contributed by atoms with Crippen LogP contribution in [0.2, 0.25) is 0 Å². The Morgan fingerprint density at radius 1 is 1.47 bits per heavy atom. The van der Waals surface area contributed by atoms with E-state index >= 15 is 0 Å². The van der Waals surface area contributed by atoms with Crippen molar-refractivity contribution in [3.05, 3.63) is 33.8 Å². The Hall–Kier alpha value is -1.34. The van der Waals surface area contributed by atoms with Crippen molar-refractivity contribution >= 4 is 21.8 Å². The van der Waals surface area contributed by atoms with Gasteiger partial charge in [-0.15, -0.1) is 0 Å². The third-order valence-corrected chi connectivity index (χ3v) is 3.38. The number of rotatable bonds is 3. The van der Waals surface area contributed by atoms with Crippen LogP contribution < -0.4 is 5.32 Å². The lowest BCUT2D eigenvalue weighted by molar-refractivity contribution is 0.0937. The average molecular weight is 295 g/mol. The largest absolute Gasteiger partial charge is 0.336 e. The minimum absolute atomic E-state index is 0.0952. The maximum Gasteiger partial charge on any atom is 0.252 e. The highest BCUT2D eigenvalue weighted by Gasteiger charge is 2.16. The molecule has 3 nitrogen and oxygen atoms in total. The number of hydrogen-bond donors (Lipinski definition) is 1.